The molecule has 1 aliphatic rings. The summed E-state index contributed by atoms with van der Waals surface area (Å²) in [5.74, 6) is 0.843. The molecule has 1 aromatic heterocycles. The number of furan rings is 1. The summed E-state index contributed by atoms with van der Waals surface area (Å²) < 4.78 is 10.7. The maximum absolute atomic E-state index is 5.48. The van der Waals surface area contributed by atoms with E-state index in [2.05, 4.69) is 5.32 Å². The molecule has 0 bridgehead atoms. The minimum Gasteiger partial charge on any atom is -0.465 e. The zero-order valence-electron chi connectivity index (χ0n) is 6.46. The van der Waals surface area contributed by atoms with Crippen molar-refractivity contribution in [1.82, 2.24) is 5.32 Å². The van der Waals surface area contributed by atoms with Crippen LogP contribution in [0.4, 0.5) is 0 Å². The van der Waals surface area contributed by atoms with Crippen LogP contribution >= 0.6 is 0 Å². The van der Waals surface area contributed by atoms with Gasteiger partial charge in [-0.2, -0.15) is 0 Å². The Balaban J connectivity index is 2.27. The van der Waals surface area contributed by atoms with Crippen LogP contribution in [-0.2, 0) is 10.5 Å². The van der Waals surface area contributed by atoms with Gasteiger partial charge in [0, 0.05) is 6.54 Å². The lowest BCUT2D eigenvalue weighted by atomic mass is 10.2. The van der Waals surface area contributed by atoms with E-state index >= 15 is 0 Å². The highest BCUT2D eigenvalue weighted by Crippen LogP contribution is 2.25. The summed E-state index contributed by atoms with van der Waals surface area (Å²) in [6.45, 7) is 3.60. The first-order valence-corrected chi connectivity index (χ1v) is 3.74. The molecule has 3 heteroatoms. The number of rotatable bonds is 1. The van der Waals surface area contributed by atoms with Gasteiger partial charge in [-0.25, -0.2) is 0 Å². The monoisotopic (exact) mass is 153 g/mol. The van der Waals surface area contributed by atoms with Crippen molar-refractivity contribution >= 4 is 0 Å². The van der Waals surface area contributed by atoms with Crippen LogP contribution in [0.5, 0.6) is 0 Å². The van der Waals surface area contributed by atoms with E-state index in [1.165, 1.54) is 0 Å². The van der Waals surface area contributed by atoms with Crippen LogP contribution < -0.4 is 5.32 Å². The van der Waals surface area contributed by atoms with Gasteiger partial charge in [-0.3, -0.25) is 5.32 Å². The first kappa shape index (κ1) is 6.88. The quantitative estimate of drug-likeness (QED) is 0.655. The molecule has 0 saturated carbocycles. The van der Waals surface area contributed by atoms with Gasteiger partial charge < -0.3 is 9.15 Å². The van der Waals surface area contributed by atoms with Gasteiger partial charge in [-0.1, -0.05) is 0 Å². The third kappa shape index (κ3) is 1.06. The summed E-state index contributed by atoms with van der Waals surface area (Å²) in [5, 5.41) is 3.22. The average molecular weight is 153 g/mol. The predicted molar refractivity (Wildman–Crippen MR) is 40.0 cm³/mol. The molecule has 1 N–H and O–H groups in total. The standard InChI is InChI=1S/C8H11NO2/c1-8(9-4-6-11-8)7-3-2-5-10-7/h2-3,5,9H,4,6H2,1H3. The third-order valence-corrected chi connectivity index (χ3v) is 1.95. The van der Waals surface area contributed by atoms with Crippen LogP contribution in [0.2, 0.25) is 0 Å². The lowest BCUT2D eigenvalue weighted by Gasteiger charge is -2.20. The van der Waals surface area contributed by atoms with Gasteiger partial charge in [0.05, 0.1) is 12.9 Å². The Morgan fingerprint density at radius 1 is 1.64 bits per heavy atom. The van der Waals surface area contributed by atoms with E-state index in [-0.39, 0.29) is 0 Å². The Bertz CT molecular complexity index is 224. The molecule has 0 amide bonds. The van der Waals surface area contributed by atoms with Crippen molar-refractivity contribution in [2.75, 3.05) is 13.2 Å². The maximum Gasteiger partial charge on any atom is 0.175 e. The molecule has 0 aliphatic carbocycles. The van der Waals surface area contributed by atoms with Gasteiger partial charge in [-0.05, 0) is 19.1 Å². The highest BCUT2D eigenvalue weighted by atomic mass is 16.5. The Morgan fingerprint density at radius 3 is 3.09 bits per heavy atom. The fourth-order valence-electron chi connectivity index (χ4n) is 1.30. The molecule has 0 aromatic carbocycles. The van der Waals surface area contributed by atoms with E-state index in [0.29, 0.717) is 0 Å². The number of nitrogens with one attached hydrogen (secondary N) is 1. The molecule has 60 valence electrons. The lowest BCUT2D eigenvalue weighted by molar-refractivity contribution is -0.0152. The van der Waals surface area contributed by atoms with Gasteiger partial charge in [0.25, 0.3) is 0 Å². The van der Waals surface area contributed by atoms with Crippen LogP contribution in [-0.4, -0.2) is 13.2 Å². The predicted octanol–water partition coefficient (Wildman–Crippen LogP) is 1.07. The molecule has 11 heavy (non-hydrogen) atoms. The number of hydrogen-bond donors (Lipinski definition) is 1. The van der Waals surface area contributed by atoms with E-state index in [1.807, 2.05) is 19.1 Å². The van der Waals surface area contributed by atoms with E-state index in [1.54, 1.807) is 6.26 Å². The van der Waals surface area contributed by atoms with Crippen LogP contribution in [0.3, 0.4) is 0 Å². The molecule has 3 nitrogen and oxygen atoms in total. The molecule has 1 saturated heterocycles. The van der Waals surface area contributed by atoms with E-state index in [4.69, 9.17) is 9.15 Å². The highest BCUT2D eigenvalue weighted by Gasteiger charge is 2.33. The van der Waals surface area contributed by atoms with Gasteiger partial charge in [0.1, 0.15) is 5.76 Å². The molecule has 1 fully saturated rings. The molecule has 2 rings (SSSR count). The Morgan fingerprint density at radius 2 is 2.55 bits per heavy atom. The molecule has 0 radical (unpaired) electrons. The maximum atomic E-state index is 5.48. The van der Waals surface area contributed by atoms with Gasteiger partial charge >= 0.3 is 0 Å². The Labute approximate surface area is 65.3 Å². The zero-order chi connectivity index (χ0) is 7.73. The van der Waals surface area contributed by atoms with Crippen molar-refractivity contribution in [3.05, 3.63) is 24.2 Å². The summed E-state index contributed by atoms with van der Waals surface area (Å²) in [4.78, 5) is 0. The molecule has 2 heterocycles. The second kappa shape index (κ2) is 2.36. The average Bonchev–Trinajstić information content (AvgIpc) is 2.55. The van der Waals surface area contributed by atoms with Crippen LogP contribution in [0, 0.1) is 0 Å². The number of hydrogen-bond acceptors (Lipinski definition) is 3. The molecule has 1 unspecified atom stereocenters. The Kier molecular flexibility index (Phi) is 1.47. The van der Waals surface area contributed by atoms with Crippen molar-refractivity contribution in [3.8, 4) is 0 Å². The fraction of sp³-hybridized carbons (Fsp3) is 0.500. The summed E-state index contributed by atoms with van der Waals surface area (Å²) in [5.41, 5.74) is -0.399. The Hall–Kier alpha value is -0.800. The largest absolute Gasteiger partial charge is 0.465 e. The molecular formula is C8H11NO2. The minimum absolute atomic E-state index is 0.399. The first-order chi connectivity index (χ1) is 5.31. The second-order valence-corrected chi connectivity index (χ2v) is 2.79. The molecule has 1 aromatic rings. The fourth-order valence-corrected chi connectivity index (χ4v) is 1.30. The molecule has 1 atom stereocenters. The van der Waals surface area contributed by atoms with Crippen molar-refractivity contribution in [3.63, 3.8) is 0 Å². The van der Waals surface area contributed by atoms with E-state index in [9.17, 15) is 0 Å². The topological polar surface area (TPSA) is 34.4 Å². The van der Waals surface area contributed by atoms with E-state index in [0.717, 1.165) is 18.9 Å². The summed E-state index contributed by atoms with van der Waals surface area (Å²) >= 11 is 0. The second-order valence-electron chi connectivity index (χ2n) is 2.79. The number of ether oxygens (including phenoxy) is 1. The van der Waals surface area contributed by atoms with Crippen molar-refractivity contribution in [1.29, 1.82) is 0 Å². The zero-order valence-corrected chi connectivity index (χ0v) is 6.46. The molecular weight excluding hydrogens is 142 g/mol. The lowest BCUT2D eigenvalue weighted by Crippen LogP contribution is -2.33. The van der Waals surface area contributed by atoms with Crippen molar-refractivity contribution in [2.45, 2.75) is 12.6 Å². The minimum atomic E-state index is -0.399. The van der Waals surface area contributed by atoms with Crippen LogP contribution in [0.15, 0.2) is 22.8 Å². The summed E-state index contributed by atoms with van der Waals surface area (Å²) in [7, 11) is 0. The normalized spacial score (nSPS) is 31.0. The van der Waals surface area contributed by atoms with Gasteiger partial charge in [0.2, 0.25) is 0 Å². The van der Waals surface area contributed by atoms with Gasteiger partial charge in [-0.15, -0.1) is 0 Å². The third-order valence-electron chi connectivity index (χ3n) is 1.95. The van der Waals surface area contributed by atoms with E-state index < -0.39 is 5.72 Å². The van der Waals surface area contributed by atoms with Crippen LogP contribution in [0.25, 0.3) is 0 Å². The molecule has 1 aliphatic heterocycles. The first-order valence-electron chi connectivity index (χ1n) is 3.74. The molecule has 0 spiro atoms. The summed E-state index contributed by atoms with van der Waals surface area (Å²) in [6, 6.07) is 3.78. The van der Waals surface area contributed by atoms with Crippen molar-refractivity contribution in [2.24, 2.45) is 0 Å². The smallest absolute Gasteiger partial charge is 0.175 e. The van der Waals surface area contributed by atoms with Crippen molar-refractivity contribution < 1.29 is 9.15 Å². The summed E-state index contributed by atoms with van der Waals surface area (Å²) in [6.07, 6.45) is 1.66. The van der Waals surface area contributed by atoms with Gasteiger partial charge in [0.15, 0.2) is 5.72 Å². The SMILES string of the molecule is CC1(c2ccco2)NCCO1. The highest BCUT2D eigenvalue weighted by molar-refractivity contribution is 5.08. The van der Waals surface area contributed by atoms with Crippen LogP contribution in [0.1, 0.15) is 12.7 Å².